The molecule has 0 aliphatic heterocycles. The molecule has 0 radical (unpaired) electrons. The number of halogens is 2. The van der Waals surface area contributed by atoms with Gasteiger partial charge in [0.2, 0.25) is 11.8 Å². The molecule has 0 saturated heterocycles. The first-order valence-corrected chi connectivity index (χ1v) is 14.7. The molecule has 1 unspecified atom stereocenters. The van der Waals surface area contributed by atoms with Crippen LogP contribution in [0.1, 0.15) is 30.5 Å². The minimum absolute atomic E-state index is 0.00300. The Morgan fingerprint density at radius 3 is 2.29 bits per heavy atom. The number of anilines is 1. The number of hydrogen-bond donors (Lipinski definition) is 1. The number of carbonyl (C=O) groups excluding carboxylic acids is 2. The summed E-state index contributed by atoms with van der Waals surface area (Å²) in [5.41, 5.74) is 3.02. The lowest BCUT2D eigenvalue weighted by atomic mass is 10.1. The molecule has 0 heterocycles. The van der Waals surface area contributed by atoms with Crippen LogP contribution in [-0.4, -0.2) is 44.3 Å². The van der Waals surface area contributed by atoms with Crippen molar-refractivity contribution in [2.75, 3.05) is 17.4 Å². The fourth-order valence-electron chi connectivity index (χ4n) is 3.88. The van der Waals surface area contributed by atoms with Gasteiger partial charge in [-0.2, -0.15) is 0 Å². The summed E-state index contributed by atoms with van der Waals surface area (Å²) in [6.45, 7) is 7.27. The number of sulfonamides is 1. The number of nitrogens with one attached hydrogen (secondary N) is 1. The molecular weight excluding hydrogens is 590 g/mol. The van der Waals surface area contributed by atoms with Gasteiger partial charge in [-0.05, 0) is 92.9 Å². The summed E-state index contributed by atoms with van der Waals surface area (Å²) < 4.78 is 29.6. The average molecular weight is 621 g/mol. The Balaban J connectivity index is 2.06. The van der Waals surface area contributed by atoms with Crippen molar-refractivity contribution in [3.05, 3.63) is 92.9 Å². The number of nitrogens with zero attached hydrogens (tertiary/aromatic N) is 2. The summed E-state index contributed by atoms with van der Waals surface area (Å²) in [5.74, 6) is -0.839. The standard InChI is InChI=1S/C28H31BrClN3O4S/c1-5-31-28(35)21(4)32(17-22-7-6-8-23(29)16-22)27(34)18-33(25-12-9-19(2)20(3)15-25)38(36,37)26-13-10-24(30)11-14-26/h6-16,21H,5,17-18H2,1-4H3,(H,31,35). The van der Waals surface area contributed by atoms with E-state index in [-0.39, 0.29) is 17.3 Å². The minimum atomic E-state index is -4.15. The minimum Gasteiger partial charge on any atom is -0.355 e. The molecule has 0 spiro atoms. The van der Waals surface area contributed by atoms with Crippen LogP contribution in [0.5, 0.6) is 0 Å². The normalized spacial score (nSPS) is 12.1. The van der Waals surface area contributed by atoms with Crippen LogP contribution < -0.4 is 9.62 Å². The summed E-state index contributed by atoms with van der Waals surface area (Å²) in [4.78, 5) is 28.0. The Kier molecular flexibility index (Phi) is 9.98. The molecule has 7 nitrogen and oxygen atoms in total. The van der Waals surface area contributed by atoms with Crippen LogP contribution in [0.4, 0.5) is 5.69 Å². The van der Waals surface area contributed by atoms with Gasteiger partial charge in [-0.25, -0.2) is 8.42 Å². The molecule has 1 N–H and O–H groups in total. The molecule has 2 amide bonds. The van der Waals surface area contributed by atoms with E-state index in [1.54, 1.807) is 26.0 Å². The summed E-state index contributed by atoms with van der Waals surface area (Å²) in [6, 6.07) is 17.6. The van der Waals surface area contributed by atoms with Crippen molar-refractivity contribution in [3.8, 4) is 0 Å². The second-order valence-electron chi connectivity index (χ2n) is 8.96. The fraction of sp³-hybridized carbons (Fsp3) is 0.286. The van der Waals surface area contributed by atoms with Gasteiger partial charge in [-0.1, -0.05) is 45.7 Å². The third kappa shape index (κ3) is 7.15. The predicted molar refractivity (Wildman–Crippen MR) is 155 cm³/mol. The average Bonchev–Trinajstić information content (AvgIpc) is 2.87. The second kappa shape index (κ2) is 12.8. The van der Waals surface area contributed by atoms with Crippen molar-refractivity contribution in [3.63, 3.8) is 0 Å². The highest BCUT2D eigenvalue weighted by atomic mass is 79.9. The van der Waals surface area contributed by atoms with E-state index in [1.165, 1.54) is 29.2 Å². The molecule has 3 aromatic rings. The first kappa shape index (κ1) is 29.7. The number of hydrogen-bond acceptors (Lipinski definition) is 4. The zero-order valence-corrected chi connectivity index (χ0v) is 24.9. The highest BCUT2D eigenvalue weighted by molar-refractivity contribution is 9.10. The molecule has 0 bridgehead atoms. The molecule has 10 heteroatoms. The predicted octanol–water partition coefficient (Wildman–Crippen LogP) is 5.47. The first-order valence-electron chi connectivity index (χ1n) is 12.1. The van der Waals surface area contributed by atoms with E-state index in [9.17, 15) is 18.0 Å². The molecule has 202 valence electrons. The largest absolute Gasteiger partial charge is 0.355 e. The SMILES string of the molecule is CCNC(=O)C(C)N(Cc1cccc(Br)c1)C(=O)CN(c1ccc(C)c(C)c1)S(=O)(=O)c1ccc(Cl)cc1. The summed E-state index contributed by atoms with van der Waals surface area (Å²) >= 11 is 9.43. The van der Waals surface area contributed by atoms with Gasteiger partial charge in [0.05, 0.1) is 10.6 Å². The zero-order valence-electron chi connectivity index (χ0n) is 21.7. The summed E-state index contributed by atoms with van der Waals surface area (Å²) in [6.07, 6.45) is 0. The van der Waals surface area contributed by atoms with E-state index in [2.05, 4.69) is 21.2 Å². The van der Waals surface area contributed by atoms with Crippen molar-refractivity contribution in [1.82, 2.24) is 10.2 Å². The molecule has 0 aromatic heterocycles. The molecule has 0 aliphatic carbocycles. The molecule has 0 fully saturated rings. The molecule has 3 rings (SSSR count). The van der Waals surface area contributed by atoms with Gasteiger partial charge >= 0.3 is 0 Å². The quantitative estimate of drug-likeness (QED) is 0.326. The topological polar surface area (TPSA) is 86.8 Å². The van der Waals surface area contributed by atoms with Gasteiger partial charge in [0.25, 0.3) is 10.0 Å². The third-order valence-corrected chi connectivity index (χ3v) is 8.75. The van der Waals surface area contributed by atoms with Gasteiger partial charge in [-0.3, -0.25) is 13.9 Å². The lowest BCUT2D eigenvalue weighted by Gasteiger charge is -2.32. The second-order valence-corrected chi connectivity index (χ2v) is 12.2. The lowest BCUT2D eigenvalue weighted by Crippen LogP contribution is -2.51. The van der Waals surface area contributed by atoms with E-state index in [0.717, 1.165) is 25.5 Å². The maximum atomic E-state index is 13.9. The smallest absolute Gasteiger partial charge is 0.264 e. The number of carbonyl (C=O) groups is 2. The lowest BCUT2D eigenvalue weighted by molar-refractivity contribution is -0.139. The van der Waals surface area contributed by atoms with E-state index >= 15 is 0 Å². The van der Waals surface area contributed by atoms with Crippen LogP contribution in [0.2, 0.25) is 5.02 Å². The first-order chi connectivity index (χ1) is 17.9. The van der Waals surface area contributed by atoms with Gasteiger partial charge in [-0.15, -0.1) is 0 Å². The van der Waals surface area contributed by atoms with E-state index < -0.39 is 28.5 Å². The van der Waals surface area contributed by atoms with Gasteiger partial charge < -0.3 is 10.2 Å². The van der Waals surface area contributed by atoms with Crippen LogP contribution in [0.3, 0.4) is 0 Å². The van der Waals surface area contributed by atoms with Crippen molar-refractivity contribution < 1.29 is 18.0 Å². The number of aryl methyl sites for hydroxylation is 2. The van der Waals surface area contributed by atoms with Gasteiger partial charge in [0, 0.05) is 22.6 Å². The van der Waals surface area contributed by atoms with E-state index in [1.807, 2.05) is 44.2 Å². The maximum Gasteiger partial charge on any atom is 0.264 e. The van der Waals surface area contributed by atoms with E-state index in [0.29, 0.717) is 17.3 Å². The molecular formula is C28H31BrClN3O4S. The molecule has 0 aliphatic rings. The Labute approximate surface area is 238 Å². The Morgan fingerprint density at radius 1 is 1.00 bits per heavy atom. The van der Waals surface area contributed by atoms with Crippen LogP contribution in [0, 0.1) is 13.8 Å². The number of benzene rings is 3. The van der Waals surface area contributed by atoms with Crippen LogP contribution in [0.15, 0.2) is 76.1 Å². The highest BCUT2D eigenvalue weighted by Crippen LogP contribution is 2.27. The molecule has 38 heavy (non-hydrogen) atoms. The van der Waals surface area contributed by atoms with Crippen molar-refractivity contribution in [1.29, 1.82) is 0 Å². The summed E-state index contributed by atoms with van der Waals surface area (Å²) in [7, 11) is -4.15. The fourth-order valence-corrected chi connectivity index (χ4v) is 5.86. The van der Waals surface area contributed by atoms with Crippen LogP contribution in [-0.2, 0) is 26.2 Å². The highest BCUT2D eigenvalue weighted by Gasteiger charge is 2.32. The maximum absolute atomic E-state index is 13.9. The number of amides is 2. The van der Waals surface area contributed by atoms with Crippen LogP contribution >= 0.6 is 27.5 Å². The summed E-state index contributed by atoms with van der Waals surface area (Å²) in [5, 5.41) is 3.15. The molecule has 1 atom stereocenters. The Hall–Kier alpha value is -2.88. The Bertz CT molecular complexity index is 1410. The van der Waals surface area contributed by atoms with Crippen LogP contribution in [0.25, 0.3) is 0 Å². The van der Waals surface area contributed by atoms with Crippen molar-refractivity contribution in [2.24, 2.45) is 0 Å². The third-order valence-electron chi connectivity index (χ3n) is 6.22. The molecule has 0 saturated carbocycles. The number of likely N-dealkylation sites (N-methyl/N-ethyl adjacent to an activating group) is 1. The molecule has 3 aromatic carbocycles. The zero-order chi connectivity index (χ0) is 28.0. The van der Waals surface area contributed by atoms with Gasteiger partial charge in [0.15, 0.2) is 0 Å². The Morgan fingerprint density at radius 2 is 1.68 bits per heavy atom. The number of rotatable bonds is 10. The van der Waals surface area contributed by atoms with Crippen molar-refractivity contribution >= 4 is 55.1 Å². The van der Waals surface area contributed by atoms with Crippen molar-refractivity contribution in [2.45, 2.75) is 45.2 Å². The van der Waals surface area contributed by atoms with Gasteiger partial charge in [0.1, 0.15) is 12.6 Å². The monoisotopic (exact) mass is 619 g/mol. The van der Waals surface area contributed by atoms with E-state index in [4.69, 9.17) is 11.6 Å².